The summed E-state index contributed by atoms with van der Waals surface area (Å²) in [5.74, 6) is -5.76. The van der Waals surface area contributed by atoms with Crippen molar-refractivity contribution in [2.24, 2.45) is 5.73 Å². The average Bonchev–Trinajstić information content (AvgIpc) is 3.64. The predicted molar refractivity (Wildman–Crippen MR) is 148 cm³/mol. The number of nitrogens with two attached hydrogens (primary N) is 1. The molecule has 0 bridgehead atoms. The van der Waals surface area contributed by atoms with E-state index in [4.69, 9.17) is 28.9 Å². The highest BCUT2D eigenvalue weighted by Crippen LogP contribution is 2.35. The van der Waals surface area contributed by atoms with Crippen LogP contribution < -0.4 is 11.4 Å². The maximum atomic E-state index is 14.1. The molecule has 12 nitrogen and oxygen atoms in total. The molecule has 45 heavy (non-hydrogen) atoms. The monoisotopic (exact) mass is 674 g/mol. The fourth-order valence-corrected chi connectivity index (χ4v) is 5.16. The molecule has 1 aliphatic rings. The minimum Gasteiger partial charge on any atom is -0.382 e. The van der Waals surface area contributed by atoms with Crippen molar-refractivity contribution in [3.05, 3.63) is 80.7 Å². The average molecular weight is 675 g/mol. The summed E-state index contributed by atoms with van der Waals surface area (Å²) in [4.78, 5) is 43.1. The molecule has 2 aromatic carbocycles. The molecule has 0 spiro atoms. The number of carbonyl (C=O) groups is 2. The fraction of sp³-hybridized carbons (Fsp3) is 0.308. The van der Waals surface area contributed by atoms with E-state index < -0.39 is 67.8 Å². The Hall–Kier alpha value is -4.35. The number of benzene rings is 2. The zero-order valence-corrected chi connectivity index (χ0v) is 24.1. The van der Waals surface area contributed by atoms with E-state index in [-0.39, 0.29) is 33.5 Å². The van der Waals surface area contributed by atoms with Crippen LogP contribution >= 0.6 is 23.2 Å². The first-order valence-corrected chi connectivity index (χ1v) is 13.7. The van der Waals surface area contributed by atoms with E-state index in [1.54, 1.807) is 0 Å². The van der Waals surface area contributed by atoms with Gasteiger partial charge in [-0.3, -0.25) is 14.2 Å². The molecular weight excluding hydrogens is 654 g/mol. The van der Waals surface area contributed by atoms with Gasteiger partial charge in [0.05, 0.1) is 29.4 Å². The summed E-state index contributed by atoms with van der Waals surface area (Å²) in [6.07, 6.45) is -7.74. The summed E-state index contributed by atoms with van der Waals surface area (Å²) in [7, 11) is 0. The molecule has 2 atom stereocenters. The number of para-hydroxylation sites is 1. The second-order valence-corrected chi connectivity index (χ2v) is 10.9. The Morgan fingerprint density at radius 1 is 1.11 bits per heavy atom. The second kappa shape index (κ2) is 11.9. The van der Waals surface area contributed by atoms with Crippen LogP contribution in [0.15, 0.2) is 53.6 Å². The standard InChI is InChI=1S/C26H21Cl2F5N8O4/c27-14-6-4-13(5-7-14)22-37-40(24(45)38(22)9-18(42)26(31,32)33)10-19-35-12-41(36-19)20-15(2-1-3-16(20)28)23(44)39-11-25(29,30)8-17(39)21(34)43/h1-7,12,17-18,42H,8-11H2,(H2,34,43)/t17-,18-/m1/s1. The van der Waals surface area contributed by atoms with Crippen molar-refractivity contribution >= 4 is 35.0 Å². The number of primary amides is 1. The predicted octanol–water partition coefficient (Wildman–Crippen LogP) is 2.91. The number of hydrogen-bond donors (Lipinski definition) is 2. The van der Waals surface area contributed by atoms with Crippen molar-refractivity contribution in [1.82, 2.24) is 34.0 Å². The normalized spacial score (nSPS) is 17.1. The van der Waals surface area contributed by atoms with E-state index in [1.165, 1.54) is 42.5 Å². The van der Waals surface area contributed by atoms with Gasteiger partial charge < -0.3 is 15.7 Å². The van der Waals surface area contributed by atoms with Crippen LogP contribution in [0.4, 0.5) is 22.0 Å². The molecule has 3 heterocycles. The maximum Gasteiger partial charge on any atom is 0.416 e. The van der Waals surface area contributed by atoms with Gasteiger partial charge in [0.1, 0.15) is 18.9 Å². The molecule has 0 radical (unpaired) electrons. The molecule has 1 fully saturated rings. The van der Waals surface area contributed by atoms with Crippen LogP contribution in [-0.2, 0) is 17.9 Å². The molecule has 0 unspecified atom stereocenters. The zero-order valence-electron chi connectivity index (χ0n) is 22.6. The topological polar surface area (TPSA) is 154 Å². The third kappa shape index (κ3) is 6.55. The Balaban J connectivity index is 1.49. The van der Waals surface area contributed by atoms with Gasteiger partial charge >= 0.3 is 11.9 Å². The van der Waals surface area contributed by atoms with Crippen LogP contribution in [0.5, 0.6) is 0 Å². The van der Waals surface area contributed by atoms with Crippen LogP contribution in [0.3, 0.4) is 0 Å². The van der Waals surface area contributed by atoms with Gasteiger partial charge in [-0.2, -0.15) is 13.2 Å². The third-order valence-corrected chi connectivity index (χ3v) is 7.45. The maximum absolute atomic E-state index is 14.1. The summed E-state index contributed by atoms with van der Waals surface area (Å²) in [6.45, 7) is -2.69. The summed E-state index contributed by atoms with van der Waals surface area (Å²) >= 11 is 12.3. The minimum atomic E-state index is -5.02. The summed E-state index contributed by atoms with van der Waals surface area (Å²) in [5, 5.41) is 18.3. The summed E-state index contributed by atoms with van der Waals surface area (Å²) < 4.78 is 70.2. The van der Waals surface area contributed by atoms with Gasteiger partial charge in [-0.05, 0) is 36.4 Å². The van der Waals surface area contributed by atoms with E-state index in [0.717, 1.165) is 15.7 Å². The summed E-state index contributed by atoms with van der Waals surface area (Å²) in [6, 6.07) is 8.19. The molecule has 1 saturated heterocycles. The Kier molecular flexibility index (Phi) is 8.45. The van der Waals surface area contributed by atoms with Gasteiger partial charge in [0.25, 0.3) is 11.8 Å². The molecule has 4 aromatic rings. The number of halogens is 7. The smallest absolute Gasteiger partial charge is 0.382 e. The van der Waals surface area contributed by atoms with Gasteiger partial charge in [0.15, 0.2) is 17.8 Å². The van der Waals surface area contributed by atoms with Crippen molar-refractivity contribution < 1.29 is 36.6 Å². The molecule has 5 rings (SSSR count). The highest BCUT2D eigenvalue weighted by Gasteiger charge is 2.50. The number of likely N-dealkylation sites (tertiary alicyclic amines) is 1. The number of alkyl halides is 5. The number of aromatic nitrogens is 6. The van der Waals surface area contributed by atoms with Crippen molar-refractivity contribution in [2.45, 2.75) is 43.8 Å². The number of aliphatic hydroxyl groups is 1. The number of hydrogen-bond acceptors (Lipinski definition) is 7. The highest BCUT2D eigenvalue weighted by atomic mass is 35.5. The van der Waals surface area contributed by atoms with E-state index in [2.05, 4.69) is 15.2 Å². The number of carbonyl (C=O) groups excluding carboxylic acids is 2. The quantitative estimate of drug-likeness (QED) is 0.273. The SMILES string of the molecule is NC(=O)[C@H]1CC(F)(F)CN1C(=O)c1cccc(Cl)c1-n1cnc(Cn2nc(-c3ccc(Cl)cc3)n(C[C@@H](O)C(F)(F)F)c2=O)n1. The Morgan fingerprint density at radius 3 is 2.44 bits per heavy atom. The molecule has 2 amide bonds. The number of amides is 2. The minimum absolute atomic E-state index is 0.0495. The van der Waals surface area contributed by atoms with Gasteiger partial charge in [-0.15, -0.1) is 10.2 Å². The molecule has 238 valence electrons. The van der Waals surface area contributed by atoms with Crippen molar-refractivity contribution in [1.29, 1.82) is 0 Å². The van der Waals surface area contributed by atoms with E-state index in [1.807, 2.05) is 0 Å². The first kappa shape index (κ1) is 32.1. The largest absolute Gasteiger partial charge is 0.416 e. The van der Waals surface area contributed by atoms with Gasteiger partial charge in [0.2, 0.25) is 5.91 Å². The number of nitrogens with zero attached hydrogens (tertiary/aromatic N) is 7. The lowest BCUT2D eigenvalue weighted by molar-refractivity contribution is -0.207. The van der Waals surface area contributed by atoms with Crippen LogP contribution in [0.25, 0.3) is 17.1 Å². The van der Waals surface area contributed by atoms with Crippen LogP contribution in [0, 0.1) is 0 Å². The summed E-state index contributed by atoms with van der Waals surface area (Å²) in [5.41, 5.74) is 4.16. The first-order valence-electron chi connectivity index (χ1n) is 12.9. The van der Waals surface area contributed by atoms with Crippen molar-refractivity contribution in [3.63, 3.8) is 0 Å². The molecule has 0 saturated carbocycles. The van der Waals surface area contributed by atoms with Crippen LogP contribution in [0.2, 0.25) is 10.0 Å². The molecule has 3 N–H and O–H groups in total. The van der Waals surface area contributed by atoms with Crippen LogP contribution in [0.1, 0.15) is 22.6 Å². The zero-order chi connectivity index (χ0) is 32.8. The molecular formula is C26H21Cl2F5N8O4. The van der Waals surface area contributed by atoms with E-state index in [9.17, 15) is 41.4 Å². The van der Waals surface area contributed by atoms with Crippen molar-refractivity contribution in [3.8, 4) is 17.1 Å². The van der Waals surface area contributed by atoms with Gasteiger partial charge in [-0.25, -0.2) is 27.9 Å². The third-order valence-electron chi connectivity index (χ3n) is 6.89. The highest BCUT2D eigenvalue weighted by molar-refractivity contribution is 6.33. The number of rotatable bonds is 8. The second-order valence-electron chi connectivity index (χ2n) is 10.1. The lowest BCUT2D eigenvalue weighted by Gasteiger charge is -2.23. The molecule has 19 heteroatoms. The Labute approximate surface area is 259 Å². The molecule has 2 aromatic heterocycles. The van der Waals surface area contributed by atoms with E-state index >= 15 is 0 Å². The Morgan fingerprint density at radius 2 is 1.80 bits per heavy atom. The fourth-order valence-electron chi connectivity index (χ4n) is 4.77. The van der Waals surface area contributed by atoms with E-state index in [0.29, 0.717) is 14.5 Å². The Bertz CT molecular complexity index is 1820. The van der Waals surface area contributed by atoms with Gasteiger partial charge in [0, 0.05) is 17.0 Å². The number of aliphatic hydroxyl groups excluding tert-OH is 1. The van der Waals surface area contributed by atoms with Gasteiger partial charge in [-0.1, -0.05) is 29.3 Å². The molecule has 1 aliphatic heterocycles. The van der Waals surface area contributed by atoms with Crippen LogP contribution in [-0.4, -0.2) is 81.7 Å². The first-order chi connectivity index (χ1) is 21.1. The lowest BCUT2D eigenvalue weighted by atomic mass is 10.1. The lowest BCUT2D eigenvalue weighted by Crippen LogP contribution is -2.44. The van der Waals surface area contributed by atoms with Crippen molar-refractivity contribution in [2.75, 3.05) is 6.54 Å². The molecule has 0 aliphatic carbocycles.